The molecule has 2 aromatic heterocycles. The third-order valence-corrected chi connectivity index (χ3v) is 5.55. The lowest BCUT2D eigenvalue weighted by molar-refractivity contribution is 0.0941. The summed E-state index contributed by atoms with van der Waals surface area (Å²) in [6, 6.07) is 17.0. The molecule has 1 amide bonds. The van der Waals surface area contributed by atoms with Crippen LogP contribution in [0.1, 0.15) is 41.0 Å². The molecule has 32 heavy (non-hydrogen) atoms. The van der Waals surface area contributed by atoms with Gasteiger partial charge in [-0.2, -0.15) is 0 Å². The van der Waals surface area contributed by atoms with Crippen molar-refractivity contribution < 1.29 is 18.8 Å². The zero-order valence-electron chi connectivity index (χ0n) is 17.9. The van der Waals surface area contributed by atoms with Gasteiger partial charge in [-0.05, 0) is 37.6 Å². The Hall–Kier alpha value is -3.87. The quantitative estimate of drug-likeness (QED) is 0.499. The minimum atomic E-state index is -0.247. The summed E-state index contributed by atoms with van der Waals surface area (Å²) in [5.74, 6) is 1.21. The Morgan fingerprint density at radius 2 is 1.81 bits per heavy atom. The number of pyridine rings is 1. The van der Waals surface area contributed by atoms with Gasteiger partial charge in [-0.25, -0.2) is 4.98 Å². The molecule has 162 valence electrons. The highest BCUT2D eigenvalue weighted by molar-refractivity contribution is 6.07. The highest BCUT2D eigenvalue weighted by Crippen LogP contribution is 2.33. The van der Waals surface area contributed by atoms with E-state index in [0.717, 1.165) is 23.3 Å². The lowest BCUT2D eigenvalue weighted by Crippen LogP contribution is -2.27. The molecule has 1 aliphatic rings. The van der Waals surface area contributed by atoms with Gasteiger partial charge in [0.2, 0.25) is 0 Å². The Morgan fingerprint density at radius 1 is 1.03 bits per heavy atom. The van der Waals surface area contributed by atoms with Gasteiger partial charge in [0, 0.05) is 12.0 Å². The van der Waals surface area contributed by atoms with Gasteiger partial charge in [-0.3, -0.25) is 4.79 Å². The predicted molar refractivity (Wildman–Crippen MR) is 120 cm³/mol. The van der Waals surface area contributed by atoms with E-state index in [0.29, 0.717) is 47.0 Å². The van der Waals surface area contributed by atoms with Crippen LogP contribution in [0.15, 0.2) is 59.1 Å². The van der Waals surface area contributed by atoms with Crippen LogP contribution in [-0.2, 0) is 0 Å². The average Bonchev–Trinajstić information content (AvgIpc) is 3.04. The number of nitrogens with zero attached hydrogens (tertiary/aromatic N) is 2. The van der Waals surface area contributed by atoms with Crippen molar-refractivity contribution in [3.05, 3.63) is 71.4 Å². The number of fused-ring (bicyclic) bond motifs is 2. The minimum Gasteiger partial charge on any atom is -0.490 e. The summed E-state index contributed by atoms with van der Waals surface area (Å²) in [7, 11) is 0. The van der Waals surface area contributed by atoms with Crippen molar-refractivity contribution in [1.29, 1.82) is 0 Å². The summed E-state index contributed by atoms with van der Waals surface area (Å²) in [5.41, 5.74) is 3.93. The maximum atomic E-state index is 13.4. The molecule has 1 N–H and O–H groups in total. The number of nitrogens with one attached hydrogen (secondary N) is 1. The van der Waals surface area contributed by atoms with Crippen molar-refractivity contribution in [1.82, 2.24) is 15.5 Å². The summed E-state index contributed by atoms with van der Waals surface area (Å²) in [6.07, 6.45) is 0.843. The summed E-state index contributed by atoms with van der Waals surface area (Å²) in [4.78, 5) is 17.9. The largest absolute Gasteiger partial charge is 0.490 e. The fourth-order valence-electron chi connectivity index (χ4n) is 3.84. The molecular formula is C25H23N3O4. The molecule has 0 saturated carbocycles. The van der Waals surface area contributed by atoms with E-state index in [1.807, 2.05) is 55.5 Å². The van der Waals surface area contributed by atoms with E-state index in [2.05, 4.69) is 15.5 Å². The van der Waals surface area contributed by atoms with Gasteiger partial charge < -0.3 is 19.3 Å². The second-order valence-corrected chi connectivity index (χ2v) is 7.82. The maximum absolute atomic E-state index is 13.4. The molecule has 7 nitrogen and oxygen atoms in total. The van der Waals surface area contributed by atoms with E-state index in [1.54, 1.807) is 13.0 Å². The summed E-state index contributed by atoms with van der Waals surface area (Å²) < 4.78 is 16.9. The summed E-state index contributed by atoms with van der Waals surface area (Å²) in [6.45, 7) is 4.99. The number of carbonyl (C=O) groups is 1. The Kier molecular flexibility index (Phi) is 5.23. The molecule has 0 bridgehead atoms. The normalized spacial score (nSPS) is 14.1. The number of aromatic nitrogens is 2. The molecule has 1 atom stereocenters. The predicted octanol–water partition coefficient (Wildman–Crippen LogP) is 4.85. The van der Waals surface area contributed by atoms with Crippen molar-refractivity contribution in [3.8, 4) is 22.8 Å². The molecule has 2 aromatic carbocycles. The van der Waals surface area contributed by atoms with Gasteiger partial charge in [0.15, 0.2) is 11.5 Å². The van der Waals surface area contributed by atoms with Crippen molar-refractivity contribution in [2.75, 3.05) is 13.2 Å². The monoisotopic (exact) mass is 429 g/mol. The first-order chi connectivity index (χ1) is 15.6. The average molecular weight is 429 g/mol. The Morgan fingerprint density at radius 3 is 2.62 bits per heavy atom. The van der Waals surface area contributed by atoms with Crippen molar-refractivity contribution in [3.63, 3.8) is 0 Å². The van der Waals surface area contributed by atoms with Crippen LogP contribution in [-0.4, -0.2) is 29.3 Å². The number of aryl methyl sites for hydroxylation is 1. The molecule has 3 heterocycles. The van der Waals surface area contributed by atoms with E-state index in [1.165, 1.54) is 0 Å². The first-order valence-corrected chi connectivity index (χ1v) is 10.6. The molecule has 0 fully saturated rings. The smallest absolute Gasteiger partial charge is 0.259 e. The van der Waals surface area contributed by atoms with E-state index in [9.17, 15) is 4.79 Å². The zero-order chi connectivity index (χ0) is 22.1. The Bertz CT molecular complexity index is 1280. The van der Waals surface area contributed by atoms with Crippen LogP contribution >= 0.6 is 0 Å². The Labute approximate surface area is 185 Å². The second kappa shape index (κ2) is 8.34. The third kappa shape index (κ3) is 3.77. The number of hydrogen-bond acceptors (Lipinski definition) is 6. The summed E-state index contributed by atoms with van der Waals surface area (Å²) in [5, 5.41) is 7.73. The van der Waals surface area contributed by atoms with Gasteiger partial charge in [-0.1, -0.05) is 41.6 Å². The molecular weight excluding hydrogens is 406 g/mol. The summed E-state index contributed by atoms with van der Waals surface area (Å²) >= 11 is 0. The third-order valence-electron chi connectivity index (χ3n) is 5.55. The number of hydrogen-bond donors (Lipinski definition) is 1. The number of rotatable bonds is 4. The van der Waals surface area contributed by atoms with E-state index >= 15 is 0 Å². The SMILES string of the molecule is Cc1noc2nc(-c3ccccc3)cc(C(=O)NC(C)c3ccc4c(c3)OCCCO4)c12. The van der Waals surface area contributed by atoms with Crippen LogP contribution < -0.4 is 14.8 Å². The van der Waals surface area contributed by atoms with Crippen molar-refractivity contribution in [2.45, 2.75) is 26.3 Å². The first-order valence-electron chi connectivity index (χ1n) is 10.6. The molecule has 0 aliphatic carbocycles. The van der Waals surface area contributed by atoms with Crippen LogP contribution in [0.3, 0.4) is 0 Å². The highest BCUT2D eigenvalue weighted by Gasteiger charge is 2.22. The molecule has 7 heteroatoms. The molecule has 0 saturated heterocycles. The van der Waals surface area contributed by atoms with Gasteiger partial charge in [0.05, 0.1) is 41.6 Å². The number of ether oxygens (including phenoxy) is 2. The minimum absolute atomic E-state index is 0.222. The standard InChI is InChI=1S/C25H23N3O4/c1-15(18-9-10-21-22(13-18)31-12-6-11-30-21)26-24(29)19-14-20(17-7-4-3-5-8-17)27-25-23(19)16(2)28-32-25/h3-5,7-10,13-15H,6,11-12H2,1-2H3,(H,26,29). The Balaban J connectivity index is 1.47. The second-order valence-electron chi connectivity index (χ2n) is 7.82. The van der Waals surface area contributed by atoms with E-state index in [-0.39, 0.29) is 11.9 Å². The fraction of sp³-hybridized carbons (Fsp3) is 0.240. The van der Waals surface area contributed by atoms with Crippen LogP contribution in [0.4, 0.5) is 0 Å². The molecule has 1 aliphatic heterocycles. The zero-order valence-corrected chi connectivity index (χ0v) is 17.9. The van der Waals surface area contributed by atoms with Crippen molar-refractivity contribution in [2.24, 2.45) is 0 Å². The molecule has 5 rings (SSSR count). The molecule has 1 unspecified atom stereocenters. The number of benzene rings is 2. The van der Waals surface area contributed by atoms with Crippen LogP contribution in [0.25, 0.3) is 22.4 Å². The molecule has 4 aromatic rings. The first kappa shape index (κ1) is 20.1. The molecule has 0 spiro atoms. The lowest BCUT2D eigenvalue weighted by Gasteiger charge is -2.17. The van der Waals surface area contributed by atoms with Gasteiger partial charge in [0.25, 0.3) is 11.6 Å². The lowest BCUT2D eigenvalue weighted by atomic mass is 10.0. The maximum Gasteiger partial charge on any atom is 0.259 e. The fourth-order valence-corrected chi connectivity index (χ4v) is 3.84. The van der Waals surface area contributed by atoms with Crippen LogP contribution in [0, 0.1) is 6.92 Å². The van der Waals surface area contributed by atoms with Gasteiger partial charge in [-0.15, -0.1) is 0 Å². The van der Waals surface area contributed by atoms with E-state index < -0.39 is 0 Å². The number of amides is 1. The van der Waals surface area contributed by atoms with Crippen molar-refractivity contribution >= 4 is 17.0 Å². The van der Waals surface area contributed by atoms with Gasteiger partial charge in [0.1, 0.15) is 0 Å². The highest BCUT2D eigenvalue weighted by atomic mass is 16.5. The number of carbonyl (C=O) groups excluding carboxylic acids is 1. The van der Waals surface area contributed by atoms with Crippen LogP contribution in [0.2, 0.25) is 0 Å². The molecule has 0 radical (unpaired) electrons. The van der Waals surface area contributed by atoms with Gasteiger partial charge >= 0.3 is 0 Å². The topological polar surface area (TPSA) is 86.5 Å². The van der Waals surface area contributed by atoms with Crippen LogP contribution in [0.5, 0.6) is 11.5 Å². The van der Waals surface area contributed by atoms with E-state index in [4.69, 9.17) is 14.0 Å².